The predicted octanol–water partition coefficient (Wildman–Crippen LogP) is 8.41. The third kappa shape index (κ3) is 5.23. The van der Waals surface area contributed by atoms with Crippen molar-refractivity contribution in [3.8, 4) is 0 Å². The zero-order valence-corrected chi connectivity index (χ0v) is 31.2. The molecule has 0 unspecified atom stereocenters. The summed E-state index contributed by atoms with van der Waals surface area (Å²) in [5.74, 6) is -0.307. The molecule has 0 saturated heterocycles. The molecule has 4 saturated carbocycles. The zero-order chi connectivity index (χ0) is 35.9. The van der Waals surface area contributed by atoms with Crippen molar-refractivity contribution in [1.82, 2.24) is 4.98 Å². The van der Waals surface area contributed by atoms with Gasteiger partial charge in [-0.1, -0.05) is 48.5 Å². The Morgan fingerprint density at radius 2 is 1.61 bits per heavy atom. The number of carbonyl (C=O) groups excluding carboxylic acids is 3. The highest BCUT2D eigenvalue weighted by Crippen LogP contribution is 2.76. The highest BCUT2D eigenvalue weighted by molar-refractivity contribution is 6.10. The Labute approximate surface area is 292 Å². The minimum atomic E-state index is -1.17. The van der Waals surface area contributed by atoms with Crippen LogP contribution in [0.25, 0.3) is 0 Å². The van der Waals surface area contributed by atoms with Gasteiger partial charge in [-0.3, -0.25) is 24.2 Å². The van der Waals surface area contributed by atoms with Gasteiger partial charge in [0.1, 0.15) is 6.10 Å². The number of ether oxygens (including phenoxy) is 1. The van der Waals surface area contributed by atoms with E-state index in [2.05, 4.69) is 58.8 Å². The van der Waals surface area contributed by atoms with Gasteiger partial charge in [0.05, 0.1) is 17.3 Å². The van der Waals surface area contributed by atoms with E-state index in [9.17, 15) is 24.3 Å². The second-order valence-corrected chi connectivity index (χ2v) is 18.7. The molecule has 4 fully saturated rings. The molecule has 49 heavy (non-hydrogen) atoms. The fourth-order valence-electron chi connectivity index (χ4n) is 12.4. The molecule has 5 aliphatic rings. The van der Waals surface area contributed by atoms with Crippen molar-refractivity contribution >= 4 is 29.3 Å². The summed E-state index contributed by atoms with van der Waals surface area (Å²) >= 11 is 0. The largest absolute Gasteiger partial charge is 0.481 e. The maximum atomic E-state index is 14.4. The van der Waals surface area contributed by atoms with E-state index in [0.717, 1.165) is 56.1 Å². The van der Waals surface area contributed by atoms with Crippen molar-refractivity contribution in [2.75, 3.05) is 5.32 Å². The Kier molecular flexibility index (Phi) is 8.59. The number of allylic oxidation sites excluding steroid dienone is 1. The molecule has 268 valence electrons. The van der Waals surface area contributed by atoms with Crippen LogP contribution < -0.4 is 5.32 Å². The number of aliphatic carboxylic acids is 1. The van der Waals surface area contributed by atoms with E-state index in [1.54, 1.807) is 26.2 Å². The first-order valence-electron chi connectivity index (χ1n) is 18.7. The summed E-state index contributed by atoms with van der Waals surface area (Å²) in [5, 5.41) is 12.8. The van der Waals surface area contributed by atoms with Gasteiger partial charge in [0.25, 0.3) is 0 Å². The molecule has 0 spiro atoms. The molecule has 0 radical (unpaired) electrons. The van der Waals surface area contributed by atoms with Crippen molar-refractivity contribution in [2.24, 2.45) is 56.2 Å². The summed E-state index contributed by atoms with van der Waals surface area (Å²) in [6.45, 7) is 19.4. The predicted molar refractivity (Wildman–Crippen MR) is 188 cm³/mol. The molecule has 5 aliphatic carbocycles. The molecule has 6 rings (SSSR count). The molecule has 8 nitrogen and oxygen atoms in total. The highest BCUT2D eigenvalue weighted by atomic mass is 16.5. The maximum Gasteiger partial charge on any atom is 0.309 e. The number of nitrogens with one attached hydrogen (secondary N) is 1. The lowest BCUT2D eigenvalue weighted by atomic mass is 9.33. The third-order valence-corrected chi connectivity index (χ3v) is 15.2. The second kappa shape index (κ2) is 11.8. The Morgan fingerprint density at radius 1 is 0.939 bits per heavy atom. The monoisotopic (exact) mass is 674 g/mol. The first-order chi connectivity index (χ1) is 22.7. The van der Waals surface area contributed by atoms with Gasteiger partial charge in [0.2, 0.25) is 5.91 Å². The fraction of sp³-hybridized carbons (Fsp3) is 0.732. The average Bonchev–Trinajstić information content (AvgIpc) is 3.32. The zero-order valence-electron chi connectivity index (χ0n) is 31.2. The average molecular weight is 675 g/mol. The minimum Gasteiger partial charge on any atom is -0.481 e. The SMILES string of the molecule is CC(C)C1=C2[C@H]3CC[C@@H]4[C@@]5(C)CC[C@H](OC(=O)CC(C)(C)C(=O)O)C(C)(C)[C@@H]5CC[C@@]4(C)[C@]3(C)CC[C@@]2(C(=O)Nc2ccncc2)CC1=O. The molecule has 1 heterocycles. The lowest BCUT2D eigenvalue weighted by Gasteiger charge is -2.72. The summed E-state index contributed by atoms with van der Waals surface area (Å²) in [4.78, 5) is 57.1. The van der Waals surface area contributed by atoms with Crippen LogP contribution in [0.2, 0.25) is 0 Å². The number of carbonyl (C=O) groups is 4. The number of rotatable bonds is 7. The number of amides is 1. The van der Waals surface area contributed by atoms with E-state index >= 15 is 0 Å². The van der Waals surface area contributed by atoms with E-state index in [4.69, 9.17) is 4.74 Å². The van der Waals surface area contributed by atoms with Gasteiger partial charge < -0.3 is 15.2 Å². The molecule has 1 amide bonds. The Bertz CT molecular complexity index is 1580. The van der Waals surface area contributed by atoms with E-state index in [1.807, 2.05) is 12.1 Å². The number of aromatic nitrogens is 1. The number of pyridine rings is 1. The number of esters is 1. The lowest BCUT2D eigenvalue weighted by Crippen LogP contribution is -2.66. The summed E-state index contributed by atoms with van der Waals surface area (Å²) < 4.78 is 6.14. The minimum absolute atomic E-state index is 0.0146. The van der Waals surface area contributed by atoms with Crippen LogP contribution >= 0.6 is 0 Å². The molecule has 0 aromatic carbocycles. The molecule has 8 atom stereocenters. The quantitative estimate of drug-likeness (QED) is 0.279. The van der Waals surface area contributed by atoms with E-state index in [-0.39, 0.29) is 64.1 Å². The Morgan fingerprint density at radius 3 is 2.24 bits per heavy atom. The summed E-state index contributed by atoms with van der Waals surface area (Å²) in [5.41, 5.74) is 0.502. The number of hydrogen-bond acceptors (Lipinski definition) is 6. The van der Waals surface area contributed by atoms with Crippen LogP contribution in [-0.4, -0.2) is 39.8 Å². The van der Waals surface area contributed by atoms with Crippen LogP contribution in [0.3, 0.4) is 0 Å². The van der Waals surface area contributed by atoms with Crippen molar-refractivity contribution < 1.29 is 29.0 Å². The van der Waals surface area contributed by atoms with Crippen molar-refractivity contribution in [1.29, 1.82) is 0 Å². The summed E-state index contributed by atoms with van der Waals surface area (Å²) in [7, 11) is 0. The van der Waals surface area contributed by atoms with Crippen molar-refractivity contribution in [3.63, 3.8) is 0 Å². The number of fused-ring (bicyclic) bond motifs is 7. The molecule has 0 bridgehead atoms. The number of anilines is 1. The number of hydrogen-bond donors (Lipinski definition) is 2. The van der Waals surface area contributed by atoms with Crippen LogP contribution in [0.15, 0.2) is 35.7 Å². The van der Waals surface area contributed by atoms with Crippen LogP contribution in [-0.2, 0) is 23.9 Å². The fourth-order valence-corrected chi connectivity index (χ4v) is 12.4. The number of carboxylic acids is 1. The Hall–Kier alpha value is -3.03. The number of carboxylic acid groups (broad SMARTS) is 1. The van der Waals surface area contributed by atoms with Crippen LogP contribution in [0.1, 0.15) is 127 Å². The smallest absolute Gasteiger partial charge is 0.309 e. The maximum absolute atomic E-state index is 14.4. The lowest BCUT2D eigenvalue weighted by molar-refractivity contribution is -0.233. The van der Waals surface area contributed by atoms with Gasteiger partial charge >= 0.3 is 11.9 Å². The van der Waals surface area contributed by atoms with Crippen molar-refractivity contribution in [3.05, 3.63) is 35.7 Å². The standard InChI is InChI=1S/C41H58N2O6/c1-24(2)32-27(44)22-41(34(46)43-25-14-20-42-21-15-25)19-18-39(8)26(33(32)41)10-11-29-38(7)16-13-30(49-31(45)23-36(3,4)35(47)48)37(5,6)28(38)12-17-40(29,39)9/h14-15,20-21,24,26,28-30H,10-13,16-19,22-23H2,1-9H3,(H,47,48)(H,42,43,46)/t26-,28+,29-,30+,38+,39-,40-,41-/m1/s1. The van der Waals surface area contributed by atoms with Gasteiger partial charge in [0, 0.05) is 29.9 Å². The van der Waals surface area contributed by atoms with Gasteiger partial charge in [0.15, 0.2) is 5.78 Å². The highest BCUT2D eigenvalue weighted by Gasteiger charge is 2.71. The molecular weight excluding hydrogens is 616 g/mol. The first-order valence-corrected chi connectivity index (χ1v) is 18.7. The van der Waals surface area contributed by atoms with Crippen LogP contribution in [0.5, 0.6) is 0 Å². The van der Waals surface area contributed by atoms with Gasteiger partial charge in [-0.2, -0.15) is 0 Å². The van der Waals surface area contributed by atoms with E-state index in [1.165, 1.54) is 0 Å². The molecular formula is C41H58N2O6. The van der Waals surface area contributed by atoms with Crippen molar-refractivity contribution in [2.45, 2.75) is 133 Å². The number of Topliss-reactive ketones (excluding diaryl/α,β-unsaturated/α-hetero) is 1. The normalized spacial score (nSPS) is 38.2. The first kappa shape index (κ1) is 35.8. The van der Waals surface area contributed by atoms with Gasteiger partial charge in [-0.15, -0.1) is 0 Å². The number of ketones is 1. The molecule has 2 N–H and O–H groups in total. The second-order valence-electron chi connectivity index (χ2n) is 18.7. The van der Waals surface area contributed by atoms with Crippen LogP contribution in [0.4, 0.5) is 5.69 Å². The van der Waals surface area contributed by atoms with Gasteiger partial charge in [-0.25, -0.2) is 0 Å². The number of nitrogens with zero attached hydrogens (tertiary/aromatic N) is 1. The summed E-state index contributed by atoms with van der Waals surface area (Å²) in [6.07, 6.45) is 10.6. The molecule has 0 aliphatic heterocycles. The van der Waals surface area contributed by atoms with E-state index < -0.39 is 22.8 Å². The molecule has 1 aromatic heterocycles. The topological polar surface area (TPSA) is 123 Å². The molecule has 1 aromatic rings. The van der Waals surface area contributed by atoms with E-state index in [0.29, 0.717) is 23.9 Å². The van der Waals surface area contributed by atoms with Gasteiger partial charge in [-0.05, 0) is 128 Å². The van der Waals surface area contributed by atoms with Crippen LogP contribution in [0, 0.1) is 56.2 Å². The molecule has 8 heteroatoms. The summed E-state index contributed by atoms with van der Waals surface area (Å²) in [6, 6.07) is 3.62. The Balaban J connectivity index is 1.31. The third-order valence-electron chi connectivity index (χ3n) is 15.2.